The van der Waals surface area contributed by atoms with Crippen molar-refractivity contribution in [2.45, 2.75) is 101 Å². The van der Waals surface area contributed by atoms with Crippen LogP contribution in [0, 0.1) is 0 Å². The Hall–Kier alpha value is -3.30. The first-order valence-corrected chi connectivity index (χ1v) is 14.4. The molecule has 3 rings (SSSR count). The second kappa shape index (κ2) is 14.2. The fraction of sp³-hybridized carbons (Fsp3) is 0.531. The van der Waals surface area contributed by atoms with E-state index in [9.17, 15) is 42.1 Å². The van der Waals surface area contributed by atoms with Crippen LogP contribution in [-0.2, 0) is 10.2 Å². The van der Waals surface area contributed by atoms with Gasteiger partial charge in [0.05, 0.1) is 6.61 Å². The molecule has 0 saturated heterocycles. The summed E-state index contributed by atoms with van der Waals surface area (Å²) in [7, 11) is 0. The highest BCUT2D eigenvalue weighted by Gasteiger charge is 2.56. The quantitative estimate of drug-likeness (QED) is 0.108. The van der Waals surface area contributed by atoms with Gasteiger partial charge in [0, 0.05) is 29.4 Å². The number of unbranched alkanes of at least 4 members (excludes halogenated alkanes) is 6. The molecule has 0 aliphatic carbocycles. The minimum absolute atomic E-state index is 0.126. The van der Waals surface area contributed by atoms with Gasteiger partial charge in [-0.1, -0.05) is 69.7 Å². The highest BCUT2D eigenvalue weighted by Crippen LogP contribution is 2.50. The first-order valence-electron chi connectivity index (χ1n) is 14.4. The standard InChI is InChI=1S/C32H39F5O5/c1-30(23-13-15-24(38)16-14-23)21-42-28-20-25(39)17-18-26(28)27(30)12-8-6-4-2-3-5-7-10-22(29(40)41)11-9-19-31(33,34)32(35,36)37/h11,13-18,20,27,38-39H,2-10,12,19,21H2,1H3,(H,40,41)/b22-11-/t27-,30-/m1/s1. The van der Waals surface area contributed by atoms with Crippen LogP contribution in [0.15, 0.2) is 54.1 Å². The molecule has 0 bridgehead atoms. The first kappa shape index (κ1) is 33.2. The molecule has 1 aliphatic rings. The predicted octanol–water partition coefficient (Wildman–Crippen LogP) is 9.03. The van der Waals surface area contributed by atoms with Crippen molar-refractivity contribution >= 4 is 5.97 Å². The summed E-state index contributed by atoms with van der Waals surface area (Å²) in [4.78, 5) is 11.4. The molecule has 2 aromatic carbocycles. The largest absolute Gasteiger partial charge is 0.508 e. The van der Waals surface area contributed by atoms with E-state index in [1.807, 2.05) is 18.2 Å². The third kappa shape index (κ3) is 8.61. The van der Waals surface area contributed by atoms with Gasteiger partial charge in [-0.3, -0.25) is 0 Å². The summed E-state index contributed by atoms with van der Waals surface area (Å²) in [5.41, 5.74) is 1.65. The summed E-state index contributed by atoms with van der Waals surface area (Å²) < 4.78 is 69.0. The van der Waals surface area contributed by atoms with Crippen LogP contribution >= 0.6 is 0 Å². The number of benzene rings is 2. The Morgan fingerprint density at radius 2 is 1.52 bits per heavy atom. The molecule has 0 unspecified atom stereocenters. The molecule has 10 heteroatoms. The first-order chi connectivity index (χ1) is 19.7. The van der Waals surface area contributed by atoms with E-state index in [0.29, 0.717) is 18.8 Å². The van der Waals surface area contributed by atoms with E-state index in [0.717, 1.165) is 62.1 Å². The lowest BCUT2D eigenvalue weighted by molar-refractivity contribution is -0.283. The third-order valence-electron chi connectivity index (χ3n) is 8.17. The molecular formula is C32H39F5O5. The number of carboxylic acids is 1. The average Bonchev–Trinajstić information content (AvgIpc) is 2.91. The van der Waals surface area contributed by atoms with Gasteiger partial charge in [0.2, 0.25) is 0 Å². The zero-order chi connectivity index (χ0) is 31.0. The Morgan fingerprint density at radius 3 is 2.14 bits per heavy atom. The number of aliphatic carboxylic acids is 1. The van der Waals surface area contributed by atoms with Crippen LogP contribution in [0.1, 0.15) is 94.6 Å². The van der Waals surface area contributed by atoms with E-state index < -0.39 is 30.9 Å². The minimum atomic E-state index is -5.64. The molecule has 2 aromatic rings. The number of hydrogen-bond acceptors (Lipinski definition) is 4. The molecule has 0 radical (unpaired) electrons. The number of phenols is 2. The number of allylic oxidation sites excluding steroid dienone is 1. The Labute approximate surface area is 243 Å². The number of carbonyl (C=O) groups is 1. The van der Waals surface area contributed by atoms with Gasteiger partial charge in [0.1, 0.15) is 17.2 Å². The number of hydrogen-bond donors (Lipinski definition) is 3. The molecule has 1 aliphatic heterocycles. The number of rotatable bonds is 15. The maximum Gasteiger partial charge on any atom is 0.453 e. The van der Waals surface area contributed by atoms with Crippen molar-refractivity contribution in [2.24, 2.45) is 0 Å². The lowest BCUT2D eigenvalue weighted by Gasteiger charge is -2.43. The van der Waals surface area contributed by atoms with E-state index in [-0.39, 0.29) is 34.8 Å². The Bertz CT molecular complexity index is 1210. The van der Waals surface area contributed by atoms with Crippen molar-refractivity contribution in [3.63, 3.8) is 0 Å². The zero-order valence-corrected chi connectivity index (χ0v) is 23.7. The Balaban J connectivity index is 1.44. The maximum atomic E-state index is 13.1. The summed E-state index contributed by atoms with van der Waals surface area (Å²) >= 11 is 0. The fourth-order valence-electron chi connectivity index (χ4n) is 5.62. The van der Waals surface area contributed by atoms with Crippen molar-refractivity contribution in [1.82, 2.24) is 0 Å². The summed E-state index contributed by atoms with van der Waals surface area (Å²) in [6.07, 6.45) is 0.236. The van der Waals surface area contributed by atoms with Crippen LogP contribution < -0.4 is 4.74 Å². The molecule has 1 heterocycles. The topological polar surface area (TPSA) is 87.0 Å². The number of alkyl halides is 5. The van der Waals surface area contributed by atoms with Crippen LogP contribution in [-0.4, -0.2) is 40.0 Å². The minimum Gasteiger partial charge on any atom is -0.508 e. The van der Waals surface area contributed by atoms with Crippen LogP contribution in [0.5, 0.6) is 17.2 Å². The van der Waals surface area contributed by atoms with Crippen LogP contribution in [0.2, 0.25) is 0 Å². The third-order valence-corrected chi connectivity index (χ3v) is 8.17. The molecule has 232 valence electrons. The second-order valence-electron chi connectivity index (χ2n) is 11.3. The number of fused-ring (bicyclic) bond motifs is 1. The normalized spacial score (nSPS) is 19.3. The van der Waals surface area contributed by atoms with Gasteiger partial charge in [-0.15, -0.1) is 0 Å². The highest BCUT2D eigenvalue weighted by molar-refractivity contribution is 5.86. The molecule has 0 amide bonds. The van der Waals surface area contributed by atoms with E-state index in [2.05, 4.69) is 6.92 Å². The van der Waals surface area contributed by atoms with Crippen LogP contribution in [0.4, 0.5) is 22.0 Å². The highest BCUT2D eigenvalue weighted by atomic mass is 19.4. The average molecular weight is 599 g/mol. The van der Waals surface area contributed by atoms with Crippen molar-refractivity contribution in [1.29, 1.82) is 0 Å². The molecule has 3 N–H and O–H groups in total. The van der Waals surface area contributed by atoms with E-state index in [1.165, 1.54) is 0 Å². The van der Waals surface area contributed by atoms with Crippen LogP contribution in [0.25, 0.3) is 0 Å². The number of aromatic hydroxyl groups is 2. The smallest absolute Gasteiger partial charge is 0.453 e. The fourth-order valence-corrected chi connectivity index (χ4v) is 5.62. The SMILES string of the molecule is C[C@]1(c2ccc(O)cc2)COc2cc(O)ccc2[C@H]1CCCCCCCCC/C(=C/CCC(F)(F)C(F)(F)F)C(=O)O. The predicted molar refractivity (Wildman–Crippen MR) is 149 cm³/mol. The Morgan fingerprint density at radius 1 is 0.929 bits per heavy atom. The van der Waals surface area contributed by atoms with Crippen molar-refractivity contribution in [2.75, 3.05) is 6.61 Å². The van der Waals surface area contributed by atoms with Crippen molar-refractivity contribution in [3.05, 3.63) is 65.2 Å². The molecule has 0 aromatic heterocycles. The van der Waals surface area contributed by atoms with Gasteiger partial charge in [0.25, 0.3) is 0 Å². The lowest BCUT2D eigenvalue weighted by Crippen LogP contribution is -2.40. The molecule has 2 atom stereocenters. The molecule has 0 fully saturated rings. The number of halogens is 5. The monoisotopic (exact) mass is 598 g/mol. The molecule has 0 saturated carbocycles. The van der Waals surface area contributed by atoms with E-state index in [4.69, 9.17) is 4.74 Å². The van der Waals surface area contributed by atoms with Crippen molar-refractivity contribution < 1.29 is 46.8 Å². The molecular weight excluding hydrogens is 559 g/mol. The molecule has 0 spiro atoms. The number of phenolic OH excluding ortho intramolecular Hbond substituents is 2. The van der Waals surface area contributed by atoms with Crippen molar-refractivity contribution in [3.8, 4) is 17.2 Å². The maximum absolute atomic E-state index is 13.1. The summed E-state index contributed by atoms with van der Waals surface area (Å²) in [6.45, 7) is 2.60. The molecule has 42 heavy (non-hydrogen) atoms. The summed E-state index contributed by atoms with van der Waals surface area (Å²) in [5.74, 6) is -4.97. The van der Waals surface area contributed by atoms with Gasteiger partial charge < -0.3 is 20.1 Å². The number of ether oxygens (including phenoxy) is 1. The van der Waals surface area contributed by atoms with E-state index >= 15 is 0 Å². The van der Waals surface area contributed by atoms with E-state index in [1.54, 1.807) is 24.3 Å². The Kier molecular flexibility index (Phi) is 11.3. The van der Waals surface area contributed by atoms with Gasteiger partial charge in [-0.2, -0.15) is 22.0 Å². The van der Waals surface area contributed by atoms with Gasteiger partial charge >= 0.3 is 18.1 Å². The van der Waals surface area contributed by atoms with Gasteiger partial charge in [-0.05, 0) is 55.0 Å². The van der Waals surface area contributed by atoms with Crippen LogP contribution in [0.3, 0.4) is 0 Å². The molecule has 5 nitrogen and oxygen atoms in total. The van der Waals surface area contributed by atoms with Gasteiger partial charge in [-0.25, -0.2) is 4.79 Å². The zero-order valence-electron chi connectivity index (χ0n) is 23.7. The lowest BCUT2D eigenvalue weighted by atomic mass is 9.66. The summed E-state index contributed by atoms with van der Waals surface area (Å²) in [5, 5.41) is 29.0. The van der Waals surface area contributed by atoms with Gasteiger partial charge in [0.15, 0.2) is 0 Å². The number of carboxylic acid groups (broad SMARTS) is 1. The summed E-state index contributed by atoms with van der Waals surface area (Å²) in [6, 6.07) is 12.4. The second-order valence-corrected chi connectivity index (χ2v) is 11.3.